The van der Waals surface area contributed by atoms with Crippen LogP contribution in [0.2, 0.25) is 0 Å². The maximum absolute atomic E-state index is 12.7. The lowest BCUT2D eigenvalue weighted by molar-refractivity contribution is -0.186. The van der Waals surface area contributed by atoms with Crippen LogP contribution < -0.4 is 0 Å². The van der Waals surface area contributed by atoms with E-state index in [1.54, 1.807) is 48.5 Å². The molecule has 0 saturated heterocycles. The van der Waals surface area contributed by atoms with Crippen molar-refractivity contribution in [1.29, 1.82) is 0 Å². The molecule has 0 aliphatic heterocycles. The van der Waals surface area contributed by atoms with Gasteiger partial charge < -0.3 is 14.6 Å². The summed E-state index contributed by atoms with van der Waals surface area (Å²) >= 11 is 0. The summed E-state index contributed by atoms with van der Waals surface area (Å²) in [7, 11) is 0. The van der Waals surface area contributed by atoms with Gasteiger partial charge in [0.05, 0.1) is 6.10 Å². The first-order valence-electron chi connectivity index (χ1n) is 7.82. The van der Waals surface area contributed by atoms with Crippen molar-refractivity contribution in [2.75, 3.05) is 0 Å². The SMILES string of the molecule is C#CCC(CCC(C)O)(C(=O)OC(C)(C)C)C(=O)OC(C)(C)C. The quantitative estimate of drug-likeness (QED) is 0.461. The topological polar surface area (TPSA) is 72.8 Å². The molecule has 0 bridgehead atoms. The minimum atomic E-state index is -1.60. The van der Waals surface area contributed by atoms with Crippen LogP contribution in [0.15, 0.2) is 0 Å². The largest absolute Gasteiger partial charge is 0.459 e. The summed E-state index contributed by atoms with van der Waals surface area (Å²) in [6.45, 7) is 11.9. The van der Waals surface area contributed by atoms with Gasteiger partial charge in [-0.2, -0.15) is 0 Å². The van der Waals surface area contributed by atoms with Gasteiger partial charge in [-0.05, 0) is 61.3 Å². The van der Waals surface area contributed by atoms with Gasteiger partial charge in [0.1, 0.15) is 11.2 Å². The van der Waals surface area contributed by atoms with E-state index in [0.717, 1.165) is 0 Å². The predicted octanol–water partition coefficient (Wildman–Crippen LogP) is 2.84. The molecule has 0 spiro atoms. The summed E-state index contributed by atoms with van der Waals surface area (Å²) < 4.78 is 10.8. The molecule has 23 heavy (non-hydrogen) atoms. The number of esters is 2. The molecule has 1 unspecified atom stereocenters. The highest BCUT2D eigenvalue weighted by molar-refractivity contribution is 6.00. The van der Waals surface area contributed by atoms with Gasteiger partial charge in [0.15, 0.2) is 5.41 Å². The molecule has 1 N–H and O–H groups in total. The Labute approximate surface area is 139 Å². The van der Waals surface area contributed by atoms with Crippen LogP contribution in [0.3, 0.4) is 0 Å². The van der Waals surface area contributed by atoms with Crippen molar-refractivity contribution in [3.63, 3.8) is 0 Å². The van der Waals surface area contributed by atoms with Crippen molar-refractivity contribution in [1.82, 2.24) is 0 Å². The van der Waals surface area contributed by atoms with E-state index in [0.29, 0.717) is 0 Å². The lowest BCUT2D eigenvalue weighted by Crippen LogP contribution is -2.47. The van der Waals surface area contributed by atoms with Crippen LogP contribution in [0.25, 0.3) is 0 Å². The standard InChI is InChI=1S/C18H30O5/c1-9-11-18(12-10-13(2)19,14(20)22-16(3,4)5)15(21)23-17(6,7)8/h1,13,19H,10-12H2,2-8H3. The Morgan fingerprint density at radius 3 is 1.70 bits per heavy atom. The summed E-state index contributed by atoms with van der Waals surface area (Å²) in [5.41, 5.74) is -3.13. The first kappa shape index (κ1) is 21.5. The Morgan fingerprint density at radius 1 is 1.04 bits per heavy atom. The van der Waals surface area contributed by atoms with Gasteiger partial charge in [-0.15, -0.1) is 12.3 Å². The maximum atomic E-state index is 12.7. The number of aliphatic hydroxyl groups excluding tert-OH is 1. The molecule has 1 atom stereocenters. The van der Waals surface area contributed by atoms with E-state index in [9.17, 15) is 14.7 Å². The number of carbonyl (C=O) groups excluding carboxylic acids is 2. The zero-order valence-corrected chi connectivity index (χ0v) is 15.4. The first-order valence-corrected chi connectivity index (χ1v) is 7.82. The smallest absolute Gasteiger partial charge is 0.325 e. The monoisotopic (exact) mass is 326 g/mol. The molecule has 0 amide bonds. The Balaban J connectivity index is 5.72. The zero-order chi connectivity index (χ0) is 18.5. The summed E-state index contributed by atoms with van der Waals surface area (Å²) in [5.74, 6) is 0.962. The molecule has 0 saturated carbocycles. The molecule has 0 fully saturated rings. The van der Waals surface area contributed by atoms with Gasteiger partial charge in [-0.25, -0.2) is 0 Å². The number of hydrogen-bond donors (Lipinski definition) is 1. The molecular weight excluding hydrogens is 296 g/mol. The molecule has 0 aromatic rings. The number of carbonyl (C=O) groups is 2. The summed E-state index contributed by atoms with van der Waals surface area (Å²) in [5, 5.41) is 9.56. The highest BCUT2D eigenvalue weighted by Crippen LogP contribution is 2.35. The van der Waals surface area contributed by atoms with Gasteiger partial charge in [0, 0.05) is 6.42 Å². The van der Waals surface area contributed by atoms with E-state index in [1.807, 2.05) is 0 Å². The molecule has 0 heterocycles. The molecule has 5 heteroatoms. The Morgan fingerprint density at radius 2 is 1.43 bits per heavy atom. The fraction of sp³-hybridized carbons (Fsp3) is 0.778. The van der Waals surface area contributed by atoms with Crippen molar-refractivity contribution in [3.8, 4) is 12.3 Å². The summed E-state index contributed by atoms with van der Waals surface area (Å²) in [6.07, 6.45) is 4.90. The van der Waals surface area contributed by atoms with Gasteiger partial charge in [-0.3, -0.25) is 9.59 Å². The third kappa shape index (κ3) is 7.51. The number of aliphatic hydroxyl groups is 1. The highest BCUT2D eigenvalue weighted by atomic mass is 16.6. The van der Waals surface area contributed by atoms with Crippen LogP contribution in [0.5, 0.6) is 0 Å². The van der Waals surface area contributed by atoms with E-state index in [-0.39, 0.29) is 19.3 Å². The van der Waals surface area contributed by atoms with E-state index in [1.165, 1.54) is 0 Å². The van der Waals surface area contributed by atoms with E-state index in [2.05, 4.69) is 5.92 Å². The van der Waals surface area contributed by atoms with Gasteiger partial charge >= 0.3 is 11.9 Å². The Kier molecular flexibility index (Phi) is 7.30. The van der Waals surface area contributed by atoms with Crippen LogP contribution in [-0.4, -0.2) is 34.4 Å². The summed E-state index contributed by atoms with van der Waals surface area (Å²) in [4.78, 5) is 25.4. The number of terminal acetylenes is 1. The van der Waals surface area contributed by atoms with Crippen LogP contribution in [0.1, 0.15) is 67.7 Å². The molecule has 0 rings (SSSR count). The van der Waals surface area contributed by atoms with Gasteiger partial charge in [-0.1, -0.05) is 0 Å². The van der Waals surface area contributed by atoms with Crippen LogP contribution >= 0.6 is 0 Å². The lowest BCUT2D eigenvalue weighted by Gasteiger charge is -2.34. The third-order valence-electron chi connectivity index (χ3n) is 2.97. The average molecular weight is 326 g/mol. The highest BCUT2D eigenvalue weighted by Gasteiger charge is 2.50. The maximum Gasteiger partial charge on any atom is 0.325 e. The lowest BCUT2D eigenvalue weighted by atomic mass is 9.79. The number of hydrogen-bond acceptors (Lipinski definition) is 5. The molecular formula is C18H30O5. The average Bonchev–Trinajstić information content (AvgIpc) is 2.29. The van der Waals surface area contributed by atoms with E-state index >= 15 is 0 Å². The van der Waals surface area contributed by atoms with Crippen molar-refractivity contribution >= 4 is 11.9 Å². The molecule has 0 aromatic heterocycles. The van der Waals surface area contributed by atoms with Gasteiger partial charge in [0.25, 0.3) is 0 Å². The normalized spacial score (nSPS) is 13.9. The Bertz CT molecular complexity index is 429. The fourth-order valence-electron chi connectivity index (χ4n) is 1.90. The Hall–Kier alpha value is -1.54. The molecule has 132 valence electrons. The van der Waals surface area contributed by atoms with E-state index in [4.69, 9.17) is 15.9 Å². The second-order valence-electron chi connectivity index (χ2n) is 7.85. The predicted molar refractivity (Wildman–Crippen MR) is 88.5 cm³/mol. The molecule has 0 aliphatic carbocycles. The van der Waals surface area contributed by atoms with Crippen molar-refractivity contribution in [2.24, 2.45) is 5.41 Å². The van der Waals surface area contributed by atoms with Crippen molar-refractivity contribution < 1.29 is 24.2 Å². The minimum Gasteiger partial charge on any atom is -0.459 e. The molecule has 0 radical (unpaired) electrons. The van der Waals surface area contributed by atoms with Crippen LogP contribution in [0.4, 0.5) is 0 Å². The van der Waals surface area contributed by atoms with Crippen LogP contribution in [0, 0.1) is 17.8 Å². The zero-order valence-electron chi connectivity index (χ0n) is 15.4. The molecule has 0 aromatic carbocycles. The van der Waals surface area contributed by atoms with E-state index < -0.39 is 34.7 Å². The molecule has 0 aliphatic rings. The number of rotatable bonds is 6. The van der Waals surface area contributed by atoms with Crippen molar-refractivity contribution in [2.45, 2.75) is 85.0 Å². The van der Waals surface area contributed by atoms with Gasteiger partial charge in [0.2, 0.25) is 0 Å². The second kappa shape index (κ2) is 7.83. The third-order valence-corrected chi connectivity index (χ3v) is 2.97. The minimum absolute atomic E-state index is 0.0681. The fourth-order valence-corrected chi connectivity index (χ4v) is 1.90. The number of ether oxygens (including phenoxy) is 2. The summed E-state index contributed by atoms with van der Waals surface area (Å²) in [6, 6.07) is 0. The molecule has 5 nitrogen and oxygen atoms in total. The first-order chi connectivity index (χ1) is 10.2. The van der Waals surface area contributed by atoms with Crippen LogP contribution in [-0.2, 0) is 19.1 Å². The second-order valence-corrected chi connectivity index (χ2v) is 7.85. The van der Waals surface area contributed by atoms with Crippen molar-refractivity contribution in [3.05, 3.63) is 0 Å².